The molecule has 0 spiro atoms. The van der Waals surface area contributed by atoms with Crippen molar-refractivity contribution in [3.63, 3.8) is 0 Å². The lowest BCUT2D eigenvalue weighted by atomic mass is 9.82. The number of halogens is 1. The molecule has 0 radical (unpaired) electrons. The smallest absolute Gasteiger partial charge is 0.224 e. The maximum Gasteiger partial charge on any atom is 0.224 e. The van der Waals surface area contributed by atoms with Gasteiger partial charge in [-0.1, -0.05) is 111 Å². The largest absolute Gasteiger partial charge is 0.455 e. The molecule has 0 fully saturated rings. The van der Waals surface area contributed by atoms with Crippen molar-refractivity contribution in [3.05, 3.63) is 150 Å². The minimum Gasteiger partial charge on any atom is -0.455 e. The zero-order valence-corrected chi connectivity index (χ0v) is 26.1. The first kappa shape index (κ1) is 26.9. The number of fused-ring (bicyclic) bond motifs is 7. The molecular formula is C41H28ClN3O. The lowest BCUT2D eigenvalue weighted by Crippen LogP contribution is -2.16. The molecule has 0 bridgehead atoms. The third kappa shape index (κ3) is 3.93. The van der Waals surface area contributed by atoms with Crippen LogP contribution in [0.25, 0.3) is 55.1 Å². The van der Waals surface area contributed by atoms with Gasteiger partial charge in [-0.2, -0.15) is 4.98 Å². The fourth-order valence-corrected chi connectivity index (χ4v) is 7.44. The van der Waals surface area contributed by atoms with Crippen LogP contribution in [0.2, 0.25) is 5.28 Å². The number of anilines is 3. The predicted molar refractivity (Wildman–Crippen MR) is 190 cm³/mol. The molecule has 220 valence electrons. The van der Waals surface area contributed by atoms with Crippen molar-refractivity contribution in [1.82, 2.24) is 9.97 Å². The summed E-state index contributed by atoms with van der Waals surface area (Å²) in [5.74, 6) is 0.735. The monoisotopic (exact) mass is 613 g/mol. The molecule has 4 nitrogen and oxygen atoms in total. The number of benzene rings is 6. The molecule has 2 aromatic heterocycles. The fourth-order valence-electron chi connectivity index (χ4n) is 7.26. The third-order valence-electron chi connectivity index (χ3n) is 9.43. The van der Waals surface area contributed by atoms with Crippen LogP contribution in [0, 0.1) is 0 Å². The van der Waals surface area contributed by atoms with E-state index < -0.39 is 0 Å². The Kier molecular flexibility index (Phi) is 5.87. The summed E-state index contributed by atoms with van der Waals surface area (Å²) < 4.78 is 6.38. The quantitative estimate of drug-likeness (QED) is 0.185. The summed E-state index contributed by atoms with van der Waals surface area (Å²) in [6, 6.07) is 46.5. The zero-order valence-electron chi connectivity index (χ0n) is 25.3. The van der Waals surface area contributed by atoms with E-state index in [1.807, 2.05) is 30.3 Å². The second-order valence-corrected chi connectivity index (χ2v) is 12.7. The van der Waals surface area contributed by atoms with E-state index in [-0.39, 0.29) is 10.7 Å². The Morgan fingerprint density at radius 2 is 1.28 bits per heavy atom. The molecule has 5 heteroatoms. The van der Waals surface area contributed by atoms with Crippen LogP contribution in [0.1, 0.15) is 25.0 Å². The highest BCUT2D eigenvalue weighted by Crippen LogP contribution is 2.54. The third-order valence-corrected chi connectivity index (χ3v) is 9.60. The number of hydrogen-bond acceptors (Lipinski definition) is 4. The molecule has 0 unspecified atom stereocenters. The minimum absolute atomic E-state index is 0.145. The van der Waals surface area contributed by atoms with Gasteiger partial charge in [-0.3, -0.25) is 4.90 Å². The average Bonchev–Trinajstić information content (AvgIpc) is 3.58. The van der Waals surface area contributed by atoms with Crippen LogP contribution in [0.4, 0.5) is 17.2 Å². The number of aromatic nitrogens is 2. The summed E-state index contributed by atoms with van der Waals surface area (Å²) in [4.78, 5) is 11.7. The molecule has 0 saturated heterocycles. The van der Waals surface area contributed by atoms with Crippen LogP contribution in [0.3, 0.4) is 0 Å². The van der Waals surface area contributed by atoms with E-state index in [0.717, 1.165) is 61.2 Å². The van der Waals surface area contributed by atoms with E-state index in [1.54, 1.807) is 0 Å². The fraction of sp³-hybridized carbons (Fsp3) is 0.0732. The average molecular weight is 614 g/mol. The molecule has 6 aromatic carbocycles. The van der Waals surface area contributed by atoms with Crippen LogP contribution in [0.15, 0.2) is 138 Å². The van der Waals surface area contributed by atoms with Crippen molar-refractivity contribution in [1.29, 1.82) is 0 Å². The van der Waals surface area contributed by atoms with Crippen LogP contribution in [-0.4, -0.2) is 9.97 Å². The van der Waals surface area contributed by atoms with Gasteiger partial charge in [0.2, 0.25) is 5.28 Å². The van der Waals surface area contributed by atoms with Crippen molar-refractivity contribution in [2.45, 2.75) is 19.3 Å². The standard InChI is InChI=1S/C41H28ClN3O/c1-41(2)32-16-6-3-12-30(32)37-33(41)17-10-19-35(37)45(39-31-13-4-7-18-34(31)43-40(42)44-39)26-23-21-25(22-24-26)27-14-9-15-29-28-11-5-8-20-36(28)46-38(27)29/h3-24H,1-2H3. The van der Waals surface area contributed by atoms with Crippen molar-refractivity contribution < 1.29 is 4.42 Å². The second-order valence-electron chi connectivity index (χ2n) is 12.4. The summed E-state index contributed by atoms with van der Waals surface area (Å²) in [6.07, 6.45) is 0. The lowest BCUT2D eigenvalue weighted by Gasteiger charge is -2.29. The van der Waals surface area contributed by atoms with Crippen LogP contribution < -0.4 is 4.90 Å². The number of hydrogen-bond donors (Lipinski definition) is 0. The Balaban J connectivity index is 1.28. The van der Waals surface area contributed by atoms with Gasteiger partial charge in [-0.15, -0.1) is 0 Å². The van der Waals surface area contributed by atoms with Crippen molar-refractivity contribution in [3.8, 4) is 22.3 Å². The molecule has 9 rings (SSSR count). The lowest BCUT2D eigenvalue weighted by molar-refractivity contribution is 0.660. The summed E-state index contributed by atoms with van der Waals surface area (Å²) in [7, 11) is 0. The summed E-state index contributed by atoms with van der Waals surface area (Å²) >= 11 is 6.62. The molecule has 0 saturated carbocycles. The van der Waals surface area contributed by atoms with Crippen LogP contribution in [0.5, 0.6) is 0 Å². The predicted octanol–water partition coefficient (Wildman–Crippen LogP) is 11.6. The Hall–Kier alpha value is -5.45. The van der Waals surface area contributed by atoms with Gasteiger partial charge in [0.25, 0.3) is 0 Å². The number of para-hydroxylation sites is 3. The van der Waals surface area contributed by atoms with Gasteiger partial charge in [0.05, 0.1) is 11.2 Å². The molecule has 46 heavy (non-hydrogen) atoms. The molecule has 0 atom stereocenters. The molecule has 0 aliphatic heterocycles. The Bertz CT molecular complexity index is 2480. The van der Waals surface area contributed by atoms with E-state index in [4.69, 9.17) is 21.0 Å². The first-order valence-corrected chi connectivity index (χ1v) is 15.8. The van der Waals surface area contributed by atoms with E-state index >= 15 is 0 Å². The van der Waals surface area contributed by atoms with Crippen LogP contribution >= 0.6 is 11.6 Å². The normalized spacial score (nSPS) is 13.3. The zero-order chi connectivity index (χ0) is 31.0. The van der Waals surface area contributed by atoms with Gasteiger partial charge >= 0.3 is 0 Å². The molecule has 2 heterocycles. The van der Waals surface area contributed by atoms with E-state index in [0.29, 0.717) is 0 Å². The van der Waals surface area contributed by atoms with E-state index in [1.165, 1.54) is 22.3 Å². The molecule has 0 amide bonds. The number of nitrogens with zero attached hydrogens (tertiary/aromatic N) is 3. The van der Waals surface area contributed by atoms with Crippen molar-refractivity contribution in [2.24, 2.45) is 0 Å². The van der Waals surface area contributed by atoms with Gasteiger partial charge in [0.1, 0.15) is 11.2 Å². The van der Waals surface area contributed by atoms with Gasteiger partial charge in [-0.05, 0) is 70.3 Å². The molecule has 0 N–H and O–H groups in total. The molecule has 1 aliphatic rings. The minimum atomic E-state index is -0.145. The van der Waals surface area contributed by atoms with Crippen molar-refractivity contribution >= 4 is 61.6 Å². The summed E-state index contributed by atoms with van der Waals surface area (Å²) in [5.41, 5.74) is 11.6. The summed E-state index contributed by atoms with van der Waals surface area (Å²) in [6.45, 7) is 4.60. The maximum atomic E-state index is 6.62. The molecular weight excluding hydrogens is 586 g/mol. The Morgan fingerprint density at radius 1 is 0.609 bits per heavy atom. The Labute approximate surface area is 271 Å². The number of furan rings is 1. The SMILES string of the molecule is CC1(C)c2ccccc2-c2c(N(c3ccc(-c4cccc5c4oc4ccccc45)cc3)c3nc(Cl)nc4ccccc34)cccc21. The van der Waals surface area contributed by atoms with Gasteiger partial charge in [0.15, 0.2) is 5.82 Å². The van der Waals surface area contributed by atoms with E-state index in [9.17, 15) is 0 Å². The highest BCUT2D eigenvalue weighted by Gasteiger charge is 2.38. The van der Waals surface area contributed by atoms with Crippen molar-refractivity contribution in [2.75, 3.05) is 4.90 Å². The van der Waals surface area contributed by atoms with Gasteiger partial charge in [0, 0.05) is 38.4 Å². The van der Waals surface area contributed by atoms with Gasteiger partial charge in [-0.25, -0.2) is 4.98 Å². The maximum absolute atomic E-state index is 6.62. The molecule has 8 aromatic rings. The first-order chi connectivity index (χ1) is 22.5. The topological polar surface area (TPSA) is 42.2 Å². The highest BCUT2D eigenvalue weighted by atomic mass is 35.5. The van der Waals surface area contributed by atoms with Crippen LogP contribution in [-0.2, 0) is 5.41 Å². The molecule has 1 aliphatic carbocycles. The second kappa shape index (κ2) is 10.0. The number of rotatable bonds is 4. The Morgan fingerprint density at radius 3 is 2.15 bits per heavy atom. The van der Waals surface area contributed by atoms with Gasteiger partial charge < -0.3 is 4.42 Å². The highest BCUT2D eigenvalue weighted by molar-refractivity contribution is 6.29. The van der Waals surface area contributed by atoms with E-state index in [2.05, 4.69) is 127 Å². The summed E-state index contributed by atoms with van der Waals surface area (Å²) in [5, 5.41) is 3.36. The first-order valence-electron chi connectivity index (χ1n) is 15.5.